The van der Waals surface area contributed by atoms with Gasteiger partial charge in [0.15, 0.2) is 0 Å². The van der Waals surface area contributed by atoms with Gasteiger partial charge in [0, 0.05) is 6.54 Å². The third kappa shape index (κ3) is 2.98. The lowest BCUT2D eigenvalue weighted by Crippen LogP contribution is -2.65. The van der Waals surface area contributed by atoms with E-state index in [1.165, 1.54) is 0 Å². The normalized spacial score (nSPS) is 24.4. The van der Waals surface area contributed by atoms with E-state index in [0.29, 0.717) is 6.54 Å². The van der Waals surface area contributed by atoms with Gasteiger partial charge < -0.3 is 16.0 Å². The summed E-state index contributed by atoms with van der Waals surface area (Å²) in [6, 6.07) is 0. The molecule has 2 rings (SSSR count). The number of nitrogens with one attached hydrogen (secondary N) is 3. The highest BCUT2D eigenvalue weighted by molar-refractivity contribution is 5.85. The third-order valence-corrected chi connectivity index (χ3v) is 2.71. The van der Waals surface area contributed by atoms with Crippen LogP contribution in [0.15, 0.2) is 0 Å². The largest absolute Gasteiger partial charge is 0.348 e. The molecule has 6 heteroatoms. The molecule has 0 aromatic heterocycles. The Hall–Kier alpha value is -0.0300. The zero-order valence-corrected chi connectivity index (χ0v) is 9.60. The SMILES string of the molecule is Cl.Cl.O=C1CNCC2(CCNCC2)N1. The van der Waals surface area contributed by atoms with Crippen LogP contribution in [-0.2, 0) is 4.79 Å². The molecule has 14 heavy (non-hydrogen) atoms. The van der Waals surface area contributed by atoms with Crippen molar-refractivity contribution in [2.24, 2.45) is 0 Å². The second kappa shape index (κ2) is 5.75. The van der Waals surface area contributed by atoms with Crippen molar-refractivity contribution in [1.29, 1.82) is 0 Å². The van der Waals surface area contributed by atoms with E-state index in [0.717, 1.165) is 32.5 Å². The monoisotopic (exact) mass is 241 g/mol. The third-order valence-electron chi connectivity index (χ3n) is 2.71. The predicted molar refractivity (Wildman–Crippen MR) is 60.3 cm³/mol. The fourth-order valence-electron chi connectivity index (χ4n) is 2.01. The highest BCUT2D eigenvalue weighted by Gasteiger charge is 2.35. The molecular weight excluding hydrogens is 225 g/mol. The number of halogens is 2. The fraction of sp³-hybridized carbons (Fsp3) is 0.875. The maximum Gasteiger partial charge on any atom is 0.234 e. The molecule has 1 amide bonds. The Morgan fingerprint density at radius 1 is 1.07 bits per heavy atom. The van der Waals surface area contributed by atoms with Gasteiger partial charge in [-0.25, -0.2) is 0 Å². The van der Waals surface area contributed by atoms with E-state index < -0.39 is 0 Å². The average Bonchev–Trinajstić information content (AvgIpc) is 2.05. The summed E-state index contributed by atoms with van der Waals surface area (Å²) in [5.41, 5.74) is 0.0561. The highest BCUT2D eigenvalue weighted by Crippen LogP contribution is 2.18. The standard InChI is InChI=1S/C8H15N3O.2ClH/c12-7-5-10-6-8(11-7)1-3-9-4-2-8;;/h9-10H,1-6H2,(H,11,12);2*1H. The van der Waals surface area contributed by atoms with Gasteiger partial charge in [-0.3, -0.25) is 4.79 Å². The Balaban J connectivity index is 0.000000845. The maximum atomic E-state index is 11.1. The van der Waals surface area contributed by atoms with Crippen molar-refractivity contribution in [3.05, 3.63) is 0 Å². The summed E-state index contributed by atoms with van der Waals surface area (Å²) < 4.78 is 0. The molecule has 2 heterocycles. The first kappa shape index (κ1) is 14.0. The van der Waals surface area contributed by atoms with E-state index in [4.69, 9.17) is 0 Å². The molecule has 0 bridgehead atoms. The Morgan fingerprint density at radius 2 is 1.71 bits per heavy atom. The first-order valence-electron chi connectivity index (χ1n) is 4.53. The van der Waals surface area contributed by atoms with Crippen LogP contribution in [0.1, 0.15) is 12.8 Å². The van der Waals surface area contributed by atoms with Gasteiger partial charge in [-0.1, -0.05) is 0 Å². The number of piperidine rings is 1. The number of hydrogen-bond donors (Lipinski definition) is 3. The molecule has 2 aliphatic heterocycles. The van der Waals surface area contributed by atoms with Crippen LogP contribution in [0, 0.1) is 0 Å². The van der Waals surface area contributed by atoms with E-state index in [9.17, 15) is 4.79 Å². The summed E-state index contributed by atoms with van der Waals surface area (Å²) in [5, 5.41) is 9.54. The van der Waals surface area contributed by atoms with Gasteiger partial charge in [0.05, 0.1) is 12.1 Å². The molecule has 2 saturated heterocycles. The Bertz CT molecular complexity index is 190. The van der Waals surface area contributed by atoms with Crippen LogP contribution in [0.2, 0.25) is 0 Å². The summed E-state index contributed by atoms with van der Waals surface area (Å²) in [6.45, 7) is 3.44. The molecule has 2 aliphatic rings. The summed E-state index contributed by atoms with van der Waals surface area (Å²) in [6.07, 6.45) is 2.09. The topological polar surface area (TPSA) is 53.2 Å². The van der Waals surface area contributed by atoms with Gasteiger partial charge in [-0.05, 0) is 25.9 Å². The summed E-state index contributed by atoms with van der Waals surface area (Å²) in [7, 11) is 0. The van der Waals surface area contributed by atoms with Crippen molar-refractivity contribution in [3.63, 3.8) is 0 Å². The molecule has 0 aliphatic carbocycles. The second-order valence-corrected chi connectivity index (χ2v) is 3.68. The molecule has 0 unspecified atom stereocenters. The first-order chi connectivity index (χ1) is 5.81. The lowest BCUT2D eigenvalue weighted by atomic mass is 9.87. The molecule has 2 fully saturated rings. The number of amides is 1. The van der Waals surface area contributed by atoms with Gasteiger partial charge in [0.2, 0.25) is 5.91 Å². The van der Waals surface area contributed by atoms with Crippen molar-refractivity contribution in [3.8, 4) is 0 Å². The average molecular weight is 242 g/mol. The molecule has 3 N–H and O–H groups in total. The first-order valence-corrected chi connectivity index (χ1v) is 4.53. The fourth-order valence-corrected chi connectivity index (χ4v) is 2.01. The van der Waals surface area contributed by atoms with E-state index in [2.05, 4.69) is 16.0 Å². The van der Waals surface area contributed by atoms with Crippen LogP contribution in [0.25, 0.3) is 0 Å². The van der Waals surface area contributed by atoms with Crippen LogP contribution in [0.3, 0.4) is 0 Å². The number of rotatable bonds is 0. The van der Waals surface area contributed by atoms with Crippen LogP contribution >= 0.6 is 24.8 Å². The number of carbonyl (C=O) groups excluding carboxylic acids is 1. The molecular formula is C8H17Cl2N3O. The number of carbonyl (C=O) groups is 1. The van der Waals surface area contributed by atoms with Crippen molar-refractivity contribution >= 4 is 30.7 Å². The second-order valence-electron chi connectivity index (χ2n) is 3.68. The van der Waals surface area contributed by atoms with Gasteiger partial charge in [0.25, 0.3) is 0 Å². The van der Waals surface area contributed by atoms with Gasteiger partial charge in [0.1, 0.15) is 0 Å². The van der Waals surface area contributed by atoms with Crippen LogP contribution in [0.4, 0.5) is 0 Å². The van der Waals surface area contributed by atoms with Crippen LogP contribution in [0.5, 0.6) is 0 Å². The summed E-state index contributed by atoms with van der Waals surface area (Å²) >= 11 is 0. The number of hydrogen-bond acceptors (Lipinski definition) is 3. The van der Waals surface area contributed by atoms with Gasteiger partial charge in [-0.15, -0.1) is 24.8 Å². The molecule has 84 valence electrons. The summed E-state index contributed by atoms with van der Waals surface area (Å²) in [4.78, 5) is 11.1. The molecule has 0 saturated carbocycles. The summed E-state index contributed by atoms with van der Waals surface area (Å²) in [5.74, 6) is 0.142. The highest BCUT2D eigenvalue weighted by atomic mass is 35.5. The Morgan fingerprint density at radius 3 is 2.29 bits per heavy atom. The molecule has 0 atom stereocenters. The molecule has 0 aromatic rings. The Labute approximate surface area is 96.4 Å². The van der Waals surface area contributed by atoms with E-state index in [-0.39, 0.29) is 36.3 Å². The maximum absolute atomic E-state index is 11.1. The zero-order chi connectivity index (χ0) is 8.44. The van der Waals surface area contributed by atoms with E-state index in [1.807, 2.05) is 0 Å². The molecule has 4 nitrogen and oxygen atoms in total. The molecule has 1 spiro atoms. The lowest BCUT2D eigenvalue weighted by Gasteiger charge is -2.41. The van der Waals surface area contributed by atoms with Crippen molar-refractivity contribution in [1.82, 2.24) is 16.0 Å². The van der Waals surface area contributed by atoms with E-state index >= 15 is 0 Å². The molecule has 0 radical (unpaired) electrons. The van der Waals surface area contributed by atoms with Crippen molar-refractivity contribution < 1.29 is 4.79 Å². The van der Waals surface area contributed by atoms with Crippen LogP contribution in [-0.4, -0.2) is 37.6 Å². The number of piperazine rings is 1. The van der Waals surface area contributed by atoms with E-state index in [1.54, 1.807) is 0 Å². The minimum Gasteiger partial charge on any atom is -0.348 e. The smallest absolute Gasteiger partial charge is 0.234 e. The van der Waals surface area contributed by atoms with Crippen LogP contribution < -0.4 is 16.0 Å². The lowest BCUT2D eigenvalue weighted by molar-refractivity contribution is -0.124. The predicted octanol–water partition coefficient (Wildman–Crippen LogP) is -0.328. The molecule has 0 aromatic carbocycles. The Kier molecular flexibility index (Phi) is 5.74. The zero-order valence-electron chi connectivity index (χ0n) is 7.97. The minimum absolute atomic E-state index is 0. The van der Waals surface area contributed by atoms with Gasteiger partial charge >= 0.3 is 0 Å². The minimum atomic E-state index is 0. The van der Waals surface area contributed by atoms with Crippen molar-refractivity contribution in [2.45, 2.75) is 18.4 Å². The van der Waals surface area contributed by atoms with Crippen molar-refractivity contribution in [2.75, 3.05) is 26.2 Å². The van der Waals surface area contributed by atoms with Gasteiger partial charge in [-0.2, -0.15) is 0 Å². The quantitative estimate of drug-likeness (QED) is 0.545.